The Morgan fingerprint density at radius 2 is 1.14 bits per heavy atom. The lowest BCUT2D eigenvalue weighted by Gasteiger charge is -2.13. The van der Waals surface area contributed by atoms with Crippen LogP contribution < -0.4 is 0 Å². The molecule has 0 unspecified atom stereocenters. The molecule has 3 heterocycles. The van der Waals surface area contributed by atoms with E-state index >= 15 is 0 Å². The van der Waals surface area contributed by atoms with E-state index in [-0.39, 0.29) is 0 Å². The molecule has 2 nitrogen and oxygen atoms in total. The quantitative estimate of drug-likeness (QED) is 0.226. The Morgan fingerprint density at radius 1 is 0.459 bits per heavy atom. The van der Waals surface area contributed by atoms with Crippen LogP contribution in [0.1, 0.15) is 0 Å². The molecule has 0 spiro atoms. The van der Waals surface area contributed by atoms with Crippen molar-refractivity contribution in [2.24, 2.45) is 0 Å². The van der Waals surface area contributed by atoms with Crippen molar-refractivity contribution >= 4 is 64.0 Å². The molecule has 8 rings (SSSR count). The van der Waals surface area contributed by atoms with Gasteiger partial charge in [-0.3, -0.25) is 0 Å². The third-order valence-electron chi connectivity index (χ3n) is 7.25. The number of nitrogens with zero attached hydrogens (tertiary/aromatic N) is 2. The first kappa shape index (κ1) is 20.6. The van der Waals surface area contributed by atoms with E-state index in [1.807, 2.05) is 17.4 Å². The van der Waals surface area contributed by atoms with Gasteiger partial charge in [0.15, 0.2) is 0 Å². The second kappa shape index (κ2) is 7.95. The lowest BCUT2D eigenvalue weighted by molar-refractivity contribution is 1.31. The van der Waals surface area contributed by atoms with Crippen molar-refractivity contribution in [2.75, 3.05) is 0 Å². The largest absolute Gasteiger partial charge is 0.245 e. The highest BCUT2D eigenvalue weighted by Gasteiger charge is 2.17. The van der Waals surface area contributed by atoms with Crippen LogP contribution in [0.15, 0.2) is 121 Å². The van der Waals surface area contributed by atoms with Crippen molar-refractivity contribution in [3.8, 4) is 22.6 Å². The lowest BCUT2D eigenvalue weighted by atomic mass is 9.98. The molecule has 0 atom stereocenters. The number of fused-ring (bicyclic) bond motifs is 8. The molecule has 0 aliphatic heterocycles. The monoisotopic (exact) mass is 488 g/mol. The molecule has 0 radical (unpaired) electrons. The van der Waals surface area contributed by atoms with Gasteiger partial charge in [0, 0.05) is 37.2 Å². The summed E-state index contributed by atoms with van der Waals surface area (Å²) in [6, 6.07) is 42.8. The molecular formula is C34H20N2S. The molecule has 0 bridgehead atoms. The number of aromatic nitrogens is 2. The Morgan fingerprint density at radius 3 is 2.00 bits per heavy atom. The van der Waals surface area contributed by atoms with E-state index in [1.54, 1.807) is 0 Å². The minimum Gasteiger partial charge on any atom is -0.245 e. The molecule has 172 valence electrons. The van der Waals surface area contributed by atoms with Gasteiger partial charge in [-0.15, -0.1) is 11.3 Å². The van der Waals surface area contributed by atoms with E-state index < -0.39 is 0 Å². The number of pyridine rings is 2. The predicted octanol–water partition coefficient (Wildman–Crippen LogP) is 9.64. The van der Waals surface area contributed by atoms with E-state index in [4.69, 9.17) is 9.97 Å². The minimum atomic E-state index is 0.897. The molecule has 5 aromatic carbocycles. The Balaban J connectivity index is 1.51. The zero-order chi connectivity index (χ0) is 24.3. The number of rotatable bonds is 2. The van der Waals surface area contributed by atoms with Gasteiger partial charge in [0.1, 0.15) is 0 Å². The summed E-state index contributed by atoms with van der Waals surface area (Å²) in [4.78, 5) is 10.6. The summed E-state index contributed by atoms with van der Waals surface area (Å²) in [7, 11) is 0. The predicted molar refractivity (Wildman–Crippen MR) is 158 cm³/mol. The van der Waals surface area contributed by atoms with Crippen LogP contribution in [0.25, 0.3) is 75.3 Å². The second-order valence-electron chi connectivity index (χ2n) is 9.39. The van der Waals surface area contributed by atoms with Crippen molar-refractivity contribution in [1.82, 2.24) is 9.97 Å². The average molecular weight is 489 g/mol. The molecule has 0 aliphatic carbocycles. The molecule has 0 aliphatic rings. The Kier molecular flexibility index (Phi) is 4.42. The maximum absolute atomic E-state index is 5.39. The molecule has 0 saturated heterocycles. The summed E-state index contributed by atoms with van der Waals surface area (Å²) in [5, 5.41) is 8.37. The maximum Gasteiger partial charge on any atom is 0.0973 e. The van der Waals surface area contributed by atoms with Crippen molar-refractivity contribution in [3.05, 3.63) is 121 Å². The van der Waals surface area contributed by atoms with Crippen molar-refractivity contribution in [2.45, 2.75) is 0 Å². The van der Waals surface area contributed by atoms with E-state index in [0.29, 0.717) is 0 Å². The average Bonchev–Trinajstić information content (AvgIpc) is 3.36. The fourth-order valence-corrected chi connectivity index (χ4v) is 6.73. The fourth-order valence-electron chi connectivity index (χ4n) is 5.53. The third kappa shape index (κ3) is 3.11. The van der Waals surface area contributed by atoms with Crippen molar-refractivity contribution in [3.63, 3.8) is 0 Å². The smallest absolute Gasteiger partial charge is 0.0973 e. The van der Waals surface area contributed by atoms with Crippen LogP contribution >= 0.6 is 11.3 Å². The topological polar surface area (TPSA) is 25.8 Å². The van der Waals surface area contributed by atoms with E-state index in [1.165, 1.54) is 30.9 Å². The lowest BCUT2D eigenvalue weighted by Crippen LogP contribution is -1.95. The summed E-state index contributed by atoms with van der Waals surface area (Å²) < 4.78 is 2.52. The van der Waals surface area contributed by atoms with Gasteiger partial charge in [0.05, 0.1) is 27.3 Å². The number of benzene rings is 5. The van der Waals surface area contributed by atoms with Crippen LogP contribution in [0.5, 0.6) is 0 Å². The van der Waals surface area contributed by atoms with Gasteiger partial charge < -0.3 is 0 Å². The number of thiophene rings is 1. The van der Waals surface area contributed by atoms with Crippen molar-refractivity contribution < 1.29 is 0 Å². The van der Waals surface area contributed by atoms with E-state index in [0.717, 1.165) is 44.3 Å². The molecule has 3 heteroatoms. The molecule has 0 N–H and O–H groups in total. The van der Waals surface area contributed by atoms with Crippen molar-refractivity contribution in [1.29, 1.82) is 0 Å². The van der Waals surface area contributed by atoms with Gasteiger partial charge in [-0.1, -0.05) is 109 Å². The van der Waals surface area contributed by atoms with Crippen LogP contribution in [0.2, 0.25) is 0 Å². The number of hydrogen-bond donors (Lipinski definition) is 0. The standard InChI is InChI=1S/C34H20N2S/c1-2-10-21(11-3-1)31-23-13-5-4-12-22(23)20-29(35-31)32-26-16-7-6-14-24(26)27-18-19-28-25-15-8-9-17-30(25)37-34(28)33(27)36-32/h1-20H. The molecule has 8 aromatic rings. The van der Waals surface area contributed by atoms with Gasteiger partial charge in [-0.05, 0) is 22.9 Å². The Bertz CT molecular complexity index is 2140. The van der Waals surface area contributed by atoms with Crippen LogP contribution in [0.3, 0.4) is 0 Å². The minimum absolute atomic E-state index is 0.897. The van der Waals surface area contributed by atoms with Gasteiger partial charge in [-0.25, -0.2) is 9.97 Å². The van der Waals surface area contributed by atoms with Crippen LogP contribution in [0.4, 0.5) is 0 Å². The Labute approximate surface area is 217 Å². The molecule has 0 fully saturated rings. The van der Waals surface area contributed by atoms with Crippen LogP contribution in [-0.4, -0.2) is 9.97 Å². The Hall–Kier alpha value is -4.60. The maximum atomic E-state index is 5.39. The molecule has 3 aromatic heterocycles. The SMILES string of the molecule is c1ccc(-c2nc(-c3nc4c(ccc5c6ccccc6sc54)c4ccccc34)cc3ccccc23)cc1. The van der Waals surface area contributed by atoms with E-state index in [9.17, 15) is 0 Å². The first-order valence-electron chi connectivity index (χ1n) is 12.4. The summed E-state index contributed by atoms with van der Waals surface area (Å²) in [5.74, 6) is 0. The van der Waals surface area contributed by atoms with Crippen LogP contribution in [-0.2, 0) is 0 Å². The molecule has 37 heavy (non-hydrogen) atoms. The summed E-state index contributed by atoms with van der Waals surface area (Å²) >= 11 is 1.82. The van der Waals surface area contributed by atoms with Crippen LogP contribution in [0, 0.1) is 0 Å². The molecular weight excluding hydrogens is 468 g/mol. The zero-order valence-electron chi connectivity index (χ0n) is 19.8. The number of hydrogen-bond acceptors (Lipinski definition) is 3. The normalized spacial score (nSPS) is 11.8. The van der Waals surface area contributed by atoms with E-state index in [2.05, 4.69) is 115 Å². The third-order valence-corrected chi connectivity index (χ3v) is 8.44. The fraction of sp³-hybridized carbons (Fsp3) is 0. The highest BCUT2D eigenvalue weighted by molar-refractivity contribution is 7.26. The first-order chi connectivity index (χ1) is 18.3. The first-order valence-corrected chi connectivity index (χ1v) is 13.2. The highest BCUT2D eigenvalue weighted by atomic mass is 32.1. The second-order valence-corrected chi connectivity index (χ2v) is 10.4. The van der Waals surface area contributed by atoms with Gasteiger partial charge in [0.25, 0.3) is 0 Å². The summed E-state index contributed by atoms with van der Waals surface area (Å²) in [5.41, 5.74) is 4.96. The summed E-state index contributed by atoms with van der Waals surface area (Å²) in [6.45, 7) is 0. The molecule has 0 amide bonds. The van der Waals surface area contributed by atoms with Gasteiger partial charge in [-0.2, -0.15) is 0 Å². The molecule has 0 saturated carbocycles. The van der Waals surface area contributed by atoms with Gasteiger partial charge in [0.2, 0.25) is 0 Å². The summed E-state index contributed by atoms with van der Waals surface area (Å²) in [6.07, 6.45) is 0. The zero-order valence-corrected chi connectivity index (χ0v) is 20.7. The highest BCUT2D eigenvalue weighted by Crippen LogP contribution is 2.41. The van der Waals surface area contributed by atoms with Gasteiger partial charge >= 0.3 is 0 Å².